The molecule has 3 aromatic rings. The quantitative estimate of drug-likeness (QED) is 0.658. The van der Waals surface area contributed by atoms with Gasteiger partial charge in [0.1, 0.15) is 16.9 Å². The molecule has 1 unspecified atom stereocenters. The van der Waals surface area contributed by atoms with Crippen LogP contribution in [0.3, 0.4) is 0 Å². The number of carbonyl (C=O) groups is 1. The van der Waals surface area contributed by atoms with E-state index < -0.39 is 0 Å². The molecule has 0 N–H and O–H groups in total. The van der Waals surface area contributed by atoms with Gasteiger partial charge in [-0.1, -0.05) is 6.07 Å². The van der Waals surface area contributed by atoms with Gasteiger partial charge in [-0.15, -0.1) is 11.8 Å². The van der Waals surface area contributed by atoms with E-state index in [1.807, 2.05) is 59.6 Å². The van der Waals surface area contributed by atoms with Gasteiger partial charge in [0.25, 0.3) is 5.91 Å². The Hall–Kier alpha value is -2.93. The number of carbonyl (C=O) groups excluding carboxylic acids is 1. The van der Waals surface area contributed by atoms with E-state index in [0.29, 0.717) is 12.1 Å². The number of ether oxygens (including phenoxy) is 2. The Bertz CT molecular complexity index is 975. The molecular weight excluding hydrogens is 374 g/mol. The normalized spacial score (nSPS) is 16.2. The number of benzene rings is 2. The van der Waals surface area contributed by atoms with E-state index in [0.717, 1.165) is 28.5 Å². The van der Waals surface area contributed by atoms with Crippen LogP contribution in [0, 0.1) is 0 Å². The third-order valence-electron chi connectivity index (χ3n) is 4.72. The van der Waals surface area contributed by atoms with Crippen LogP contribution in [0.15, 0.2) is 60.9 Å². The summed E-state index contributed by atoms with van der Waals surface area (Å²) in [4.78, 5) is 15.2. The molecule has 28 heavy (non-hydrogen) atoms. The van der Waals surface area contributed by atoms with Crippen molar-refractivity contribution in [2.45, 2.75) is 5.37 Å². The Balaban J connectivity index is 1.66. The van der Waals surface area contributed by atoms with Gasteiger partial charge in [0.15, 0.2) is 0 Å². The number of aromatic nitrogens is 2. The maximum Gasteiger partial charge on any atom is 0.255 e. The Morgan fingerprint density at radius 3 is 2.79 bits per heavy atom. The Kier molecular flexibility index (Phi) is 5.25. The van der Waals surface area contributed by atoms with Gasteiger partial charge >= 0.3 is 0 Å². The van der Waals surface area contributed by atoms with Crippen molar-refractivity contribution in [2.24, 2.45) is 0 Å². The average molecular weight is 395 g/mol. The molecule has 0 aliphatic carbocycles. The zero-order valence-corrected chi connectivity index (χ0v) is 16.6. The van der Waals surface area contributed by atoms with E-state index in [-0.39, 0.29) is 11.3 Å². The predicted molar refractivity (Wildman–Crippen MR) is 109 cm³/mol. The van der Waals surface area contributed by atoms with Crippen LogP contribution in [0.2, 0.25) is 0 Å². The molecule has 0 saturated carbocycles. The second kappa shape index (κ2) is 7.98. The molecule has 0 bridgehead atoms. The van der Waals surface area contributed by atoms with E-state index in [4.69, 9.17) is 9.47 Å². The van der Waals surface area contributed by atoms with Crippen LogP contribution in [0.1, 0.15) is 21.3 Å². The van der Waals surface area contributed by atoms with Gasteiger partial charge in [0.05, 0.1) is 19.9 Å². The first kappa shape index (κ1) is 18.4. The van der Waals surface area contributed by atoms with Crippen LogP contribution in [-0.2, 0) is 0 Å². The third-order valence-corrected chi connectivity index (χ3v) is 5.96. The van der Waals surface area contributed by atoms with Gasteiger partial charge in [-0.3, -0.25) is 4.79 Å². The van der Waals surface area contributed by atoms with E-state index in [1.54, 1.807) is 36.9 Å². The van der Waals surface area contributed by atoms with E-state index in [9.17, 15) is 4.79 Å². The third kappa shape index (κ3) is 3.45. The van der Waals surface area contributed by atoms with Crippen molar-refractivity contribution in [3.8, 4) is 17.2 Å². The lowest BCUT2D eigenvalue weighted by Crippen LogP contribution is -2.30. The highest BCUT2D eigenvalue weighted by molar-refractivity contribution is 7.99. The molecular formula is C21H21N3O3S. The highest BCUT2D eigenvalue weighted by Crippen LogP contribution is 2.43. The molecule has 0 spiro atoms. The lowest BCUT2D eigenvalue weighted by atomic mass is 10.1. The van der Waals surface area contributed by atoms with Gasteiger partial charge < -0.3 is 14.4 Å². The summed E-state index contributed by atoms with van der Waals surface area (Å²) in [6, 6.07) is 15.1. The Morgan fingerprint density at radius 2 is 2.04 bits per heavy atom. The predicted octanol–water partition coefficient (Wildman–Crippen LogP) is 3.78. The highest BCUT2D eigenvalue weighted by atomic mass is 32.2. The number of methoxy groups -OCH3 is 2. The average Bonchev–Trinajstić information content (AvgIpc) is 3.45. The number of hydrogen-bond donors (Lipinski definition) is 0. The molecule has 1 atom stereocenters. The number of hydrogen-bond acceptors (Lipinski definition) is 5. The maximum absolute atomic E-state index is 13.3. The summed E-state index contributed by atoms with van der Waals surface area (Å²) in [7, 11) is 3.28. The van der Waals surface area contributed by atoms with Gasteiger partial charge in [0, 0.05) is 35.8 Å². The summed E-state index contributed by atoms with van der Waals surface area (Å²) in [5, 5.41) is 4.13. The first-order chi connectivity index (χ1) is 13.7. The first-order valence-corrected chi connectivity index (χ1v) is 10.0. The van der Waals surface area contributed by atoms with Crippen molar-refractivity contribution >= 4 is 17.7 Å². The molecule has 1 fully saturated rings. The minimum absolute atomic E-state index is 0.00567. The van der Waals surface area contributed by atoms with Gasteiger partial charge in [0.2, 0.25) is 0 Å². The lowest BCUT2D eigenvalue weighted by molar-refractivity contribution is 0.0759. The monoisotopic (exact) mass is 395 g/mol. The molecule has 1 aliphatic rings. The van der Waals surface area contributed by atoms with Crippen molar-refractivity contribution in [1.29, 1.82) is 0 Å². The minimum Gasteiger partial charge on any atom is -0.497 e. The molecule has 1 saturated heterocycles. The van der Waals surface area contributed by atoms with Crippen molar-refractivity contribution in [1.82, 2.24) is 14.7 Å². The van der Waals surface area contributed by atoms with Gasteiger partial charge in [-0.25, -0.2) is 4.68 Å². The summed E-state index contributed by atoms with van der Waals surface area (Å²) >= 11 is 1.73. The largest absolute Gasteiger partial charge is 0.497 e. The number of thioether (sulfide) groups is 1. The lowest BCUT2D eigenvalue weighted by Gasteiger charge is -2.26. The minimum atomic E-state index is -0.120. The van der Waals surface area contributed by atoms with E-state index in [1.165, 1.54) is 0 Å². The smallest absolute Gasteiger partial charge is 0.255 e. The van der Waals surface area contributed by atoms with Crippen LogP contribution in [0.25, 0.3) is 5.69 Å². The van der Waals surface area contributed by atoms with Crippen LogP contribution >= 0.6 is 11.8 Å². The van der Waals surface area contributed by atoms with Crippen molar-refractivity contribution in [2.75, 3.05) is 26.5 Å². The fourth-order valence-electron chi connectivity index (χ4n) is 3.34. The second-order valence-corrected chi connectivity index (χ2v) is 7.52. The van der Waals surface area contributed by atoms with E-state index >= 15 is 0 Å². The first-order valence-electron chi connectivity index (χ1n) is 8.96. The summed E-state index contributed by atoms with van der Waals surface area (Å²) < 4.78 is 12.7. The molecule has 2 heterocycles. The fraction of sp³-hybridized carbons (Fsp3) is 0.238. The van der Waals surface area contributed by atoms with Crippen LogP contribution in [0.4, 0.5) is 0 Å². The Labute approximate surface area is 168 Å². The maximum atomic E-state index is 13.3. The Morgan fingerprint density at radius 1 is 1.14 bits per heavy atom. The van der Waals surface area contributed by atoms with Crippen molar-refractivity contribution < 1.29 is 14.3 Å². The zero-order chi connectivity index (χ0) is 19.5. The van der Waals surface area contributed by atoms with Crippen LogP contribution in [-0.4, -0.2) is 47.1 Å². The van der Waals surface area contributed by atoms with Gasteiger partial charge in [-0.2, -0.15) is 5.10 Å². The molecule has 0 radical (unpaired) electrons. The second-order valence-electron chi connectivity index (χ2n) is 6.33. The molecule has 1 aromatic heterocycles. The van der Waals surface area contributed by atoms with Crippen LogP contribution < -0.4 is 9.47 Å². The molecule has 144 valence electrons. The summed E-state index contributed by atoms with van der Waals surface area (Å²) in [5.74, 6) is 2.36. The molecule has 2 aromatic carbocycles. The molecule has 6 nitrogen and oxygen atoms in total. The van der Waals surface area contributed by atoms with Gasteiger partial charge in [-0.05, 0) is 42.5 Å². The molecule has 7 heteroatoms. The summed E-state index contributed by atoms with van der Waals surface area (Å²) in [5.41, 5.74) is 2.45. The number of amides is 1. The van der Waals surface area contributed by atoms with Crippen molar-refractivity contribution in [3.05, 3.63) is 72.1 Å². The number of nitrogens with zero attached hydrogens (tertiary/aromatic N) is 3. The van der Waals surface area contributed by atoms with Crippen LogP contribution in [0.5, 0.6) is 11.5 Å². The summed E-state index contributed by atoms with van der Waals surface area (Å²) in [6.45, 7) is 0.681. The number of rotatable bonds is 5. The molecule has 1 amide bonds. The molecule has 4 rings (SSSR count). The zero-order valence-electron chi connectivity index (χ0n) is 15.7. The topological polar surface area (TPSA) is 56.6 Å². The highest BCUT2D eigenvalue weighted by Gasteiger charge is 2.33. The van der Waals surface area contributed by atoms with E-state index in [2.05, 4.69) is 5.10 Å². The fourth-order valence-corrected chi connectivity index (χ4v) is 4.61. The SMILES string of the molecule is COc1ccc(OC)c(C2SCCN2C(=O)c2cccc(-n3cccn3)c2)c1. The van der Waals surface area contributed by atoms with Crippen molar-refractivity contribution in [3.63, 3.8) is 0 Å². The molecule has 1 aliphatic heterocycles. The standard InChI is InChI=1S/C21H21N3O3S/c1-26-17-7-8-19(27-2)18(14-17)21-23(11-12-28-21)20(25)15-5-3-6-16(13-15)24-10-4-9-22-24/h3-10,13-14,21H,11-12H2,1-2H3. The summed E-state index contributed by atoms with van der Waals surface area (Å²) in [6.07, 6.45) is 3.58.